The summed E-state index contributed by atoms with van der Waals surface area (Å²) < 4.78 is 12.1. The van der Waals surface area contributed by atoms with Crippen molar-refractivity contribution in [2.75, 3.05) is 13.7 Å². The van der Waals surface area contributed by atoms with Crippen LogP contribution in [0.15, 0.2) is 48.2 Å². The number of esters is 1. The molecule has 1 heterocycles. The lowest BCUT2D eigenvalue weighted by Crippen LogP contribution is -2.36. The third-order valence-corrected chi connectivity index (χ3v) is 4.90. The molecule has 0 aliphatic heterocycles. The molecule has 0 saturated carbocycles. The summed E-state index contributed by atoms with van der Waals surface area (Å²) in [6.45, 7) is 2.09. The summed E-state index contributed by atoms with van der Waals surface area (Å²) in [5.74, 6) is -0.735. The van der Waals surface area contributed by atoms with Gasteiger partial charge in [-0.2, -0.15) is 5.10 Å². The number of hydrogen-bond acceptors (Lipinski definition) is 5. The van der Waals surface area contributed by atoms with Crippen molar-refractivity contribution in [1.29, 1.82) is 0 Å². The normalized spacial score (nSPS) is 14.6. The minimum absolute atomic E-state index is 0.0309. The molecule has 0 unspecified atom stereocenters. The average molecular weight is 397 g/mol. The van der Waals surface area contributed by atoms with Crippen molar-refractivity contribution in [1.82, 2.24) is 15.1 Å². The lowest BCUT2D eigenvalue weighted by atomic mass is 9.97. The van der Waals surface area contributed by atoms with Gasteiger partial charge in [-0.05, 0) is 51.2 Å². The Morgan fingerprint density at radius 3 is 2.72 bits per heavy atom. The molecule has 3 rings (SSSR count). The molecule has 1 aromatic heterocycles. The molecular formula is C22H27N3O4. The van der Waals surface area contributed by atoms with Gasteiger partial charge in [-0.25, -0.2) is 9.48 Å². The van der Waals surface area contributed by atoms with Gasteiger partial charge in [0.15, 0.2) is 11.9 Å². The predicted molar refractivity (Wildman–Crippen MR) is 109 cm³/mol. The van der Waals surface area contributed by atoms with Crippen molar-refractivity contribution >= 4 is 11.9 Å². The van der Waals surface area contributed by atoms with E-state index in [0.29, 0.717) is 6.54 Å². The zero-order chi connectivity index (χ0) is 20.6. The molecule has 1 atom stereocenters. The Balaban J connectivity index is 1.56. The van der Waals surface area contributed by atoms with Gasteiger partial charge in [0.1, 0.15) is 0 Å². The van der Waals surface area contributed by atoms with Gasteiger partial charge in [0.2, 0.25) is 5.69 Å². The Hall–Kier alpha value is -3.09. The largest absolute Gasteiger partial charge is 0.493 e. The van der Waals surface area contributed by atoms with Crippen LogP contribution in [0.25, 0.3) is 5.69 Å². The van der Waals surface area contributed by atoms with Crippen molar-refractivity contribution in [2.24, 2.45) is 0 Å². The van der Waals surface area contributed by atoms with Crippen molar-refractivity contribution < 1.29 is 19.1 Å². The lowest BCUT2D eigenvalue weighted by Gasteiger charge is -2.15. The highest BCUT2D eigenvalue weighted by Gasteiger charge is 2.24. The van der Waals surface area contributed by atoms with E-state index in [-0.39, 0.29) is 17.4 Å². The quantitative estimate of drug-likeness (QED) is 0.545. The fourth-order valence-electron chi connectivity index (χ4n) is 3.25. The number of nitrogens with zero attached hydrogens (tertiary/aromatic N) is 2. The van der Waals surface area contributed by atoms with Gasteiger partial charge in [0.25, 0.3) is 5.91 Å². The van der Waals surface area contributed by atoms with Gasteiger partial charge in [-0.1, -0.05) is 29.8 Å². The number of benzene rings is 1. The number of methoxy groups -OCH3 is 1. The summed E-state index contributed by atoms with van der Waals surface area (Å²) >= 11 is 0. The monoisotopic (exact) mass is 397 g/mol. The third kappa shape index (κ3) is 5.47. The number of carbonyl (C=O) groups is 2. The maximum atomic E-state index is 12.5. The van der Waals surface area contributed by atoms with Crippen LogP contribution < -0.4 is 10.1 Å². The van der Waals surface area contributed by atoms with E-state index in [4.69, 9.17) is 9.47 Å². The van der Waals surface area contributed by atoms with Crippen LogP contribution in [0.2, 0.25) is 0 Å². The predicted octanol–water partition coefficient (Wildman–Crippen LogP) is 3.43. The van der Waals surface area contributed by atoms with Crippen LogP contribution in [0.3, 0.4) is 0 Å². The van der Waals surface area contributed by atoms with Crippen molar-refractivity contribution in [3.63, 3.8) is 0 Å². The Labute approximate surface area is 170 Å². The summed E-state index contributed by atoms with van der Waals surface area (Å²) in [5, 5.41) is 7.10. The Bertz CT molecular complexity index is 873. The zero-order valence-electron chi connectivity index (χ0n) is 16.9. The molecule has 0 bridgehead atoms. The van der Waals surface area contributed by atoms with E-state index < -0.39 is 12.1 Å². The van der Waals surface area contributed by atoms with Gasteiger partial charge in [-0.15, -0.1) is 0 Å². The van der Waals surface area contributed by atoms with Crippen LogP contribution in [-0.4, -0.2) is 41.4 Å². The Morgan fingerprint density at radius 2 is 2.03 bits per heavy atom. The van der Waals surface area contributed by atoms with Gasteiger partial charge >= 0.3 is 5.97 Å². The number of ether oxygens (including phenoxy) is 2. The molecule has 154 valence electrons. The number of carbonyl (C=O) groups excluding carboxylic acids is 2. The van der Waals surface area contributed by atoms with E-state index in [1.54, 1.807) is 13.1 Å². The van der Waals surface area contributed by atoms with E-state index in [2.05, 4.69) is 16.5 Å². The van der Waals surface area contributed by atoms with Crippen LogP contribution in [0.5, 0.6) is 5.75 Å². The average Bonchev–Trinajstić information content (AvgIpc) is 3.20. The van der Waals surface area contributed by atoms with Gasteiger partial charge in [-0.3, -0.25) is 4.79 Å². The molecule has 0 saturated heterocycles. The SMILES string of the molecule is COc1cn(-c2ccccc2)nc1C(=O)O[C@@H](C)C(=O)NCCC1=CCCCC1. The minimum Gasteiger partial charge on any atom is -0.493 e. The maximum absolute atomic E-state index is 12.5. The number of nitrogens with one attached hydrogen (secondary N) is 1. The number of allylic oxidation sites excluding steroid dienone is 1. The van der Waals surface area contributed by atoms with Crippen LogP contribution in [0.4, 0.5) is 0 Å². The molecular weight excluding hydrogens is 370 g/mol. The topological polar surface area (TPSA) is 82.5 Å². The summed E-state index contributed by atoms with van der Waals surface area (Å²) in [6.07, 6.45) is 8.45. The molecule has 1 aliphatic rings. The highest BCUT2D eigenvalue weighted by atomic mass is 16.6. The van der Waals surface area contributed by atoms with E-state index in [1.165, 1.54) is 30.2 Å². The highest BCUT2D eigenvalue weighted by Crippen LogP contribution is 2.21. The molecule has 7 nitrogen and oxygen atoms in total. The van der Waals surface area contributed by atoms with E-state index in [9.17, 15) is 9.59 Å². The highest BCUT2D eigenvalue weighted by molar-refractivity contribution is 5.92. The van der Waals surface area contributed by atoms with E-state index in [1.807, 2.05) is 30.3 Å². The molecule has 1 aliphatic carbocycles. The first kappa shape index (κ1) is 20.6. The van der Waals surface area contributed by atoms with Crippen molar-refractivity contribution in [3.05, 3.63) is 53.9 Å². The van der Waals surface area contributed by atoms with Gasteiger partial charge in [0, 0.05) is 6.54 Å². The van der Waals surface area contributed by atoms with Crippen molar-refractivity contribution in [2.45, 2.75) is 45.1 Å². The second kappa shape index (κ2) is 9.91. The summed E-state index contributed by atoms with van der Waals surface area (Å²) in [5.41, 5.74) is 2.20. The number of rotatable bonds is 8. The fraction of sp³-hybridized carbons (Fsp3) is 0.409. The first-order valence-corrected chi connectivity index (χ1v) is 9.94. The van der Waals surface area contributed by atoms with Gasteiger partial charge in [0.05, 0.1) is 19.0 Å². The molecule has 0 radical (unpaired) electrons. The van der Waals surface area contributed by atoms with Crippen LogP contribution >= 0.6 is 0 Å². The number of amides is 1. The van der Waals surface area contributed by atoms with Crippen LogP contribution in [0, 0.1) is 0 Å². The number of aromatic nitrogens is 2. The number of para-hydroxylation sites is 1. The van der Waals surface area contributed by atoms with Gasteiger partial charge < -0.3 is 14.8 Å². The second-order valence-electron chi connectivity index (χ2n) is 7.02. The van der Waals surface area contributed by atoms with Crippen LogP contribution in [0.1, 0.15) is 49.5 Å². The third-order valence-electron chi connectivity index (χ3n) is 4.90. The lowest BCUT2D eigenvalue weighted by molar-refractivity contribution is -0.129. The smallest absolute Gasteiger partial charge is 0.363 e. The fourth-order valence-corrected chi connectivity index (χ4v) is 3.25. The molecule has 1 amide bonds. The summed E-state index contributed by atoms with van der Waals surface area (Å²) in [4.78, 5) is 24.8. The maximum Gasteiger partial charge on any atom is 0.363 e. The second-order valence-corrected chi connectivity index (χ2v) is 7.02. The minimum atomic E-state index is -0.922. The first-order chi connectivity index (χ1) is 14.1. The Kier molecular flexibility index (Phi) is 7.05. The molecule has 7 heteroatoms. The van der Waals surface area contributed by atoms with E-state index >= 15 is 0 Å². The standard InChI is InChI=1S/C22H27N3O4/c1-16(21(26)23-14-13-17-9-5-3-6-10-17)29-22(27)20-19(28-2)15-25(24-20)18-11-7-4-8-12-18/h4,7-9,11-12,15-16H,3,5-6,10,13-14H2,1-2H3,(H,23,26)/t16-/m0/s1. The Morgan fingerprint density at radius 1 is 1.24 bits per heavy atom. The zero-order valence-corrected chi connectivity index (χ0v) is 16.9. The molecule has 1 aromatic carbocycles. The van der Waals surface area contributed by atoms with Crippen molar-refractivity contribution in [3.8, 4) is 11.4 Å². The molecule has 0 fully saturated rings. The summed E-state index contributed by atoms with van der Waals surface area (Å²) in [6, 6.07) is 9.36. The molecule has 1 N–H and O–H groups in total. The van der Waals surface area contributed by atoms with Crippen LogP contribution in [-0.2, 0) is 9.53 Å². The van der Waals surface area contributed by atoms with E-state index in [0.717, 1.165) is 24.9 Å². The number of hydrogen-bond donors (Lipinski definition) is 1. The molecule has 0 spiro atoms. The first-order valence-electron chi connectivity index (χ1n) is 9.94. The molecule has 29 heavy (non-hydrogen) atoms. The molecule has 2 aromatic rings. The summed E-state index contributed by atoms with van der Waals surface area (Å²) in [7, 11) is 1.46.